The first kappa shape index (κ1) is 99.2. The van der Waals surface area contributed by atoms with Gasteiger partial charge in [0.1, 0.15) is 53.1 Å². The molecule has 0 saturated carbocycles. The van der Waals surface area contributed by atoms with Gasteiger partial charge in [-0.25, -0.2) is 26.3 Å². The van der Waals surface area contributed by atoms with Crippen molar-refractivity contribution in [3.05, 3.63) is 273 Å². The minimum Gasteiger partial charge on any atom is -0.490 e. The van der Waals surface area contributed by atoms with Gasteiger partial charge < -0.3 is 47.5 Å². The number of nitrogens with one attached hydrogen (secondary N) is 3. The molecule has 14 aromatic rings. The van der Waals surface area contributed by atoms with Crippen molar-refractivity contribution in [2.45, 2.75) is 180 Å². The number of hydrogen-bond acceptors (Lipinski definition) is 29. The van der Waals surface area contributed by atoms with E-state index in [2.05, 4.69) is 102 Å². The Balaban J connectivity index is 0.000000142. The number of ether oxygens (including phenoxy) is 4. The highest BCUT2D eigenvalue weighted by Gasteiger charge is 2.36. The first-order valence-electron chi connectivity index (χ1n) is 46.0. The lowest BCUT2D eigenvalue weighted by molar-refractivity contribution is -0.118. The lowest BCUT2D eigenvalue weighted by Gasteiger charge is -2.24. The first-order chi connectivity index (χ1) is 67.3. The number of aliphatic hydroxyl groups is 1. The molecule has 1 amide bonds. The number of likely N-dealkylation sites (N-methyl/N-ethyl adjacent to an activating group) is 2. The van der Waals surface area contributed by atoms with E-state index in [1.165, 1.54) is 41.3 Å². The zero-order chi connectivity index (χ0) is 99.2. The number of nitrogens with zero attached hydrogens (tertiary/aromatic N) is 14. The van der Waals surface area contributed by atoms with Crippen molar-refractivity contribution < 1.29 is 68.6 Å². The smallest absolute Gasteiger partial charge is 0.258 e. The number of hydrogen-bond donors (Lipinski definition) is 4. The van der Waals surface area contributed by atoms with Gasteiger partial charge >= 0.3 is 0 Å². The first-order valence-corrected chi connectivity index (χ1v) is 49.1. The molecule has 32 nitrogen and oxygen atoms in total. The fourth-order valence-electron chi connectivity index (χ4n) is 17.8. The maximum atomic E-state index is 13.1. The highest BCUT2D eigenvalue weighted by Crippen LogP contribution is 2.45. The number of benzene rings is 10. The van der Waals surface area contributed by atoms with Crippen LogP contribution < -0.4 is 33.7 Å². The standard InChI is InChI=1S/C29H27N5O5S.C28H26N4O4S.C25H26N4O3.C24H26N4O3/c1-17(2)38-27-14-7-19(15-20(27)16-30)29-32-28(33-39-29)25-6-4-5-24-23(25)12-13-26(24)34-40(36,37)22-10-8-21(9-11-22)31-18(3)35;1-18(2)35-26-14-11-20(15-21(26)16-29)28-30-27(31-36-28)24-10-6-9-23-22(24)12-13-25(23)32-37(33,34)17-19-7-4-3-5-8-19;1-15(2)31-23-11-8-17(12-18(23)13-26)25-27-24(28-32-25)21-7-5-6-20-19(21)9-10-22(20)29(4)14-16(3)30;1-15(2)30-22-10-7-16(13-17(22)14-25)24-26-23(27-31-24)20-6-4-5-19-18(20)8-9-21(19)28(3)11-12-29/h4-11,14-15,17,26,34H,12-13H2,1-3H3,(H,31,35);3-11,14-15,18,25,32H,12-13,17H2,1-2H3;5-8,11-12,15,22H,9-10,14H2,1-4H3;4-7,10,13,15,21,29H,8-9,11-12H2,1-3H3/t26-;25-;22-;21-/m0100/s1. The number of amides is 1. The normalized spacial score (nSPS) is 14.9. The molecular formula is C106H105N17O15S2. The topological polar surface area (TPSA) is 453 Å². The molecule has 0 fully saturated rings. The summed E-state index contributed by atoms with van der Waals surface area (Å²) < 4.78 is 102. The van der Waals surface area contributed by atoms with Crippen LogP contribution in [0, 0.1) is 45.3 Å². The predicted molar refractivity (Wildman–Crippen MR) is 523 cm³/mol. The summed E-state index contributed by atoms with van der Waals surface area (Å²) in [5.41, 5.74) is 17.5. The Morgan fingerprint density at radius 2 is 0.764 bits per heavy atom. The van der Waals surface area contributed by atoms with Crippen LogP contribution >= 0.6 is 0 Å². The molecule has 4 aromatic heterocycles. The van der Waals surface area contributed by atoms with Crippen molar-refractivity contribution in [2.75, 3.05) is 39.1 Å². The van der Waals surface area contributed by atoms with E-state index in [1.807, 2.05) is 160 Å². The molecule has 18 rings (SSSR count). The largest absolute Gasteiger partial charge is 0.490 e. The molecule has 0 aliphatic heterocycles. The van der Waals surface area contributed by atoms with E-state index in [9.17, 15) is 52.6 Å². The fourth-order valence-corrected chi connectivity index (χ4v) is 20.4. The highest BCUT2D eigenvalue weighted by atomic mass is 32.2. The lowest BCUT2D eigenvalue weighted by Crippen LogP contribution is -2.28. The third kappa shape index (κ3) is 23.4. The van der Waals surface area contributed by atoms with Gasteiger partial charge in [0.25, 0.3) is 23.6 Å². The van der Waals surface area contributed by atoms with Gasteiger partial charge in [0, 0.05) is 87.8 Å². The van der Waals surface area contributed by atoms with Gasteiger partial charge in [-0.15, -0.1) is 0 Å². The van der Waals surface area contributed by atoms with E-state index >= 15 is 0 Å². The van der Waals surface area contributed by atoms with E-state index in [0.717, 1.165) is 75.8 Å². The summed E-state index contributed by atoms with van der Waals surface area (Å²) in [5.74, 6) is 5.05. The Hall–Kier alpha value is -15.2. The number of carbonyl (C=O) groups is 2. The molecule has 0 bridgehead atoms. The van der Waals surface area contributed by atoms with Gasteiger partial charge in [-0.2, -0.15) is 41.0 Å². The van der Waals surface area contributed by atoms with Gasteiger partial charge in [0.05, 0.1) is 70.5 Å². The Kier molecular flexibility index (Phi) is 31.2. The number of aromatic nitrogens is 8. The third-order valence-corrected chi connectivity index (χ3v) is 26.7. The SMILES string of the molecule is CC(=O)CN(C)[C@H]1CCc2c(-c3noc(-c4ccc(OC(C)C)c(C#N)c4)n3)cccc21.CC(=O)Nc1ccc(S(=O)(=O)N[C@H]2CCc3c(-c4noc(-c5ccc(OC(C)C)c(C#N)c5)n4)cccc32)cc1.CC(C)Oc1ccc(-c2nc(-c3cccc4c3CC[C@@H]4N(C)CCO)no2)cc1C#N.CC(C)Oc1ccc(-c2nc(-c3cccc4c3CC[C@H]4NS(=O)(=O)Cc3ccccc3)no2)cc1C#N. The Morgan fingerprint density at radius 1 is 0.429 bits per heavy atom. The number of anilines is 1. The molecule has 4 N–H and O–H groups in total. The zero-order valence-corrected chi connectivity index (χ0v) is 81.0. The second kappa shape index (κ2) is 44.1. The summed E-state index contributed by atoms with van der Waals surface area (Å²) in [4.78, 5) is 45.6. The fraction of sp³-hybridized carbons (Fsp3) is 0.302. The van der Waals surface area contributed by atoms with Crippen LogP contribution in [-0.4, -0.2) is 142 Å². The van der Waals surface area contributed by atoms with Crippen LogP contribution in [0.5, 0.6) is 23.0 Å². The van der Waals surface area contributed by atoms with Crippen molar-refractivity contribution in [1.82, 2.24) is 59.8 Å². The number of aliphatic hydroxyl groups excluding tert-OH is 1. The molecule has 4 aliphatic carbocycles. The molecule has 4 heterocycles. The maximum Gasteiger partial charge on any atom is 0.258 e. The van der Waals surface area contributed by atoms with Crippen molar-refractivity contribution >= 4 is 37.4 Å². The summed E-state index contributed by atoms with van der Waals surface area (Å²) in [6.45, 7) is 19.5. The molecule has 140 heavy (non-hydrogen) atoms. The number of sulfonamides is 2. The van der Waals surface area contributed by atoms with Crippen molar-refractivity contribution in [3.8, 4) is 139 Å². The number of Topliss-reactive ketones (excluding diaryl/α,β-unsaturated/α-hetero) is 1. The monoisotopic (exact) mass is 1920 g/mol. The summed E-state index contributed by atoms with van der Waals surface area (Å²) in [5, 5.41) is 66.8. The molecule has 716 valence electrons. The van der Waals surface area contributed by atoms with Crippen molar-refractivity contribution in [3.63, 3.8) is 0 Å². The molecule has 34 heteroatoms. The van der Waals surface area contributed by atoms with Gasteiger partial charge in [-0.1, -0.05) is 124 Å². The number of ketones is 1. The number of nitriles is 4. The van der Waals surface area contributed by atoms with E-state index in [1.54, 1.807) is 91.9 Å². The summed E-state index contributed by atoms with van der Waals surface area (Å²) in [6, 6.07) is 68.0. The molecule has 10 aromatic carbocycles. The number of fused-ring (bicyclic) bond motifs is 4. The van der Waals surface area contributed by atoms with E-state index in [4.69, 9.17) is 37.0 Å². The van der Waals surface area contributed by atoms with Crippen LogP contribution in [0.2, 0.25) is 0 Å². The number of rotatable bonds is 30. The highest BCUT2D eigenvalue weighted by molar-refractivity contribution is 7.89. The van der Waals surface area contributed by atoms with Crippen molar-refractivity contribution in [2.24, 2.45) is 0 Å². The second-order valence-corrected chi connectivity index (χ2v) is 38.9. The predicted octanol–water partition coefficient (Wildman–Crippen LogP) is 18.7. The van der Waals surface area contributed by atoms with Crippen LogP contribution in [0.1, 0.15) is 191 Å². The average molecular weight is 1920 g/mol. The maximum absolute atomic E-state index is 13.1. The molecule has 0 radical (unpaired) electrons. The van der Waals surface area contributed by atoms with Gasteiger partial charge in [-0.3, -0.25) is 19.4 Å². The molecular weight excluding hydrogens is 1820 g/mol. The third-order valence-electron chi connectivity index (χ3n) is 23.8. The van der Waals surface area contributed by atoms with Crippen molar-refractivity contribution in [1.29, 1.82) is 21.0 Å². The molecule has 0 saturated heterocycles. The lowest BCUT2D eigenvalue weighted by atomic mass is 10.0. The second-order valence-electron chi connectivity index (χ2n) is 35.4. The molecule has 4 atom stereocenters. The Morgan fingerprint density at radius 3 is 1.10 bits per heavy atom. The van der Waals surface area contributed by atoms with Gasteiger partial charge in [0.15, 0.2) is 0 Å². The van der Waals surface area contributed by atoms with E-state index in [-0.39, 0.29) is 77.4 Å². The molecule has 0 unspecified atom stereocenters. The average Bonchev–Trinajstić information content (AvgIpc) is 1.62. The van der Waals surface area contributed by atoms with Crippen LogP contribution in [-0.2, 0) is 61.1 Å². The van der Waals surface area contributed by atoms with Crippen LogP contribution in [0.4, 0.5) is 5.69 Å². The molecule has 4 aliphatic rings. The Bertz CT molecular complexity index is 7310. The minimum absolute atomic E-state index is 0.0200. The molecule has 0 spiro atoms. The van der Waals surface area contributed by atoms with Gasteiger partial charge in [0.2, 0.25) is 49.3 Å². The van der Waals surface area contributed by atoms with E-state index < -0.39 is 26.1 Å². The van der Waals surface area contributed by atoms with Crippen LogP contribution in [0.25, 0.3) is 91.4 Å². The summed E-state index contributed by atoms with van der Waals surface area (Å²) >= 11 is 0. The number of carbonyl (C=O) groups excluding carboxylic acids is 2. The quantitative estimate of drug-likeness (QED) is 0.0325. The zero-order valence-electron chi connectivity index (χ0n) is 79.4. The van der Waals surface area contributed by atoms with E-state index in [0.29, 0.717) is 153 Å². The van der Waals surface area contributed by atoms with Crippen LogP contribution in [0.3, 0.4) is 0 Å². The summed E-state index contributed by atoms with van der Waals surface area (Å²) in [6.07, 6.45) is 6.12. The van der Waals surface area contributed by atoms with Crippen LogP contribution in [0.15, 0.2) is 223 Å². The summed E-state index contributed by atoms with van der Waals surface area (Å²) in [7, 11) is -3.31. The van der Waals surface area contributed by atoms with Gasteiger partial charge in [-0.05, 0) is 275 Å². The minimum atomic E-state index is -3.81. The Labute approximate surface area is 812 Å².